The average molecular weight is 352 g/mol. The molecule has 0 aromatic carbocycles. The predicted molar refractivity (Wildman–Crippen MR) is 69.8 cm³/mol. The minimum Gasteiger partial charge on any atom is -0.340 e. The first-order chi connectivity index (χ1) is 8.38. The van der Waals surface area contributed by atoms with E-state index in [9.17, 15) is 8.42 Å². The molecular formula is C9H10BrN3O3S2. The molecule has 2 rings (SSSR count). The fourth-order valence-corrected chi connectivity index (χ4v) is 4.74. The Morgan fingerprint density at radius 3 is 2.72 bits per heavy atom. The molecule has 2 aromatic rings. The van der Waals surface area contributed by atoms with Gasteiger partial charge in [0.05, 0.1) is 15.2 Å². The van der Waals surface area contributed by atoms with Gasteiger partial charge >= 0.3 is 0 Å². The molecule has 18 heavy (non-hydrogen) atoms. The minimum absolute atomic E-state index is 0.00653. The van der Waals surface area contributed by atoms with Crippen molar-refractivity contribution in [2.75, 3.05) is 0 Å². The van der Waals surface area contributed by atoms with Crippen LogP contribution in [0.2, 0.25) is 0 Å². The molecule has 6 nitrogen and oxygen atoms in total. The van der Waals surface area contributed by atoms with E-state index in [1.807, 2.05) is 0 Å². The smallest absolute Gasteiger partial charge is 0.242 e. The molecule has 0 aliphatic heterocycles. The molecule has 0 saturated carbocycles. The Morgan fingerprint density at radius 2 is 2.22 bits per heavy atom. The highest BCUT2D eigenvalue weighted by molar-refractivity contribution is 9.11. The summed E-state index contributed by atoms with van der Waals surface area (Å²) in [6.45, 7) is 3.40. The van der Waals surface area contributed by atoms with Gasteiger partial charge in [-0.25, -0.2) is 13.1 Å². The number of thiophene rings is 1. The lowest BCUT2D eigenvalue weighted by molar-refractivity contribution is 0.387. The normalized spacial score (nSPS) is 11.9. The summed E-state index contributed by atoms with van der Waals surface area (Å²) in [7, 11) is -3.55. The number of hydrogen-bond acceptors (Lipinski definition) is 6. The standard InChI is InChI=1S/C9H10BrN3O3S2/c1-5-7(3-8(10)17-5)18(14,15)11-4-9-12-6(2)16-13-9/h3,11H,4H2,1-2H3. The third-order valence-electron chi connectivity index (χ3n) is 2.12. The minimum atomic E-state index is -3.55. The fraction of sp³-hybridized carbons (Fsp3) is 0.333. The van der Waals surface area contributed by atoms with Gasteiger partial charge in [0.15, 0.2) is 5.82 Å². The van der Waals surface area contributed by atoms with Gasteiger partial charge < -0.3 is 4.52 Å². The number of aryl methyl sites for hydroxylation is 2. The second-order valence-corrected chi connectivity index (χ2v) is 7.90. The highest BCUT2D eigenvalue weighted by Crippen LogP contribution is 2.29. The summed E-state index contributed by atoms with van der Waals surface area (Å²) in [6, 6.07) is 1.57. The quantitative estimate of drug-likeness (QED) is 0.910. The molecule has 0 aliphatic rings. The van der Waals surface area contributed by atoms with Crippen LogP contribution in [0, 0.1) is 13.8 Å². The van der Waals surface area contributed by atoms with Gasteiger partial charge in [0, 0.05) is 11.8 Å². The first-order valence-electron chi connectivity index (χ1n) is 4.93. The van der Waals surface area contributed by atoms with Crippen LogP contribution in [0.25, 0.3) is 0 Å². The molecular weight excluding hydrogens is 342 g/mol. The third-order valence-corrected chi connectivity index (χ3v) is 5.33. The zero-order valence-corrected chi connectivity index (χ0v) is 12.8. The van der Waals surface area contributed by atoms with E-state index in [0.717, 1.165) is 8.66 Å². The van der Waals surface area contributed by atoms with E-state index >= 15 is 0 Å². The fourth-order valence-electron chi connectivity index (χ4n) is 1.35. The van der Waals surface area contributed by atoms with Crippen LogP contribution in [0.4, 0.5) is 0 Å². The summed E-state index contributed by atoms with van der Waals surface area (Å²) in [5, 5.41) is 3.62. The van der Waals surface area contributed by atoms with Crippen molar-refractivity contribution >= 4 is 37.3 Å². The Morgan fingerprint density at radius 1 is 1.50 bits per heavy atom. The van der Waals surface area contributed by atoms with E-state index in [4.69, 9.17) is 4.52 Å². The summed E-state index contributed by atoms with van der Waals surface area (Å²) in [5.74, 6) is 0.710. The highest BCUT2D eigenvalue weighted by atomic mass is 79.9. The van der Waals surface area contributed by atoms with Crippen LogP contribution >= 0.6 is 27.3 Å². The van der Waals surface area contributed by atoms with Crippen molar-refractivity contribution in [3.05, 3.63) is 26.4 Å². The molecule has 2 aromatic heterocycles. The summed E-state index contributed by atoms with van der Waals surface area (Å²) < 4.78 is 32.0. The molecule has 0 unspecified atom stereocenters. The number of sulfonamides is 1. The summed E-state index contributed by atoms with van der Waals surface area (Å²) in [6.07, 6.45) is 0. The van der Waals surface area contributed by atoms with Crippen molar-refractivity contribution in [2.45, 2.75) is 25.3 Å². The Labute approximate surface area is 117 Å². The van der Waals surface area contributed by atoms with E-state index < -0.39 is 10.0 Å². The van der Waals surface area contributed by atoms with Gasteiger partial charge in [-0.1, -0.05) is 5.16 Å². The van der Waals surface area contributed by atoms with E-state index in [1.165, 1.54) is 11.3 Å². The maximum absolute atomic E-state index is 12.0. The number of hydrogen-bond donors (Lipinski definition) is 1. The molecule has 0 saturated heterocycles. The lowest BCUT2D eigenvalue weighted by Gasteiger charge is -2.03. The maximum Gasteiger partial charge on any atom is 0.242 e. The Hall–Kier alpha value is -0.770. The molecule has 0 radical (unpaired) electrons. The molecule has 0 amide bonds. The van der Waals surface area contributed by atoms with E-state index in [1.54, 1.807) is 19.9 Å². The Balaban J connectivity index is 2.15. The molecule has 0 spiro atoms. The lowest BCUT2D eigenvalue weighted by atomic mass is 10.5. The van der Waals surface area contributed by atoms with Gasteiger partial charge in [0.2, 0.25) is 15.9 Å². The monoisotopic (exact) mass is 351 g/mol. The van der Waals surface area contributed by atoms with Crippen LogP contribution in [0.1, 0.15) is 16.6 Å². The van der Waals surface area contributed by atoms with Crippen molar-refractivity contribution in [2.24, 2.45) is 0 Å². The van der Waals surface area contributed by atoms with Crippen molar-refractivity contribution < 1.29 is 12.9 Å². The van der Waals surface area contributed by atoms with Gasteiger partial charge in [0.1, 0.15) is 0 Å². The number of nitrogens with zero attached hydrogens (tertiary/aromatic N) is 2. The molecule has 2 heterocycles. The predicted octanol–water partition coefficient (Wildman–Crippen LogP) is 1.99. The zero-order valence-electron chi connectivity index (χ0n) is 9.60. The zero-order chi connectivity index (χ0) is 13.3. The third kappa shape index (κ3) is 2.97. The number of nitrogens with one attached hydrogen (secondary N) is 1. The average Bonchev–Trinajstić information content (AvgIpc) is 2.82. The van der Waals surface area contributed by atoms with Crippen LogP contribution in [0.5, 0.6) is 0 Å². The summed E-state index contributed by atoms with van der Waals surface area (Å²) in [5.41, 5.74) is 0. The van der Waals surface area contributed by atoms with Crippen LogP contribution in [0.15, 0.2) is 19.3 Å². The lowest BCUT2D eigenvalue weighted by Crippen LogP contribution is -2.24. The van der Waals surface area contributed by atoms with Crippen molar-refractivity contribution in [3.63, 3.8) is 0 Å². The highest BCUT2D eigenvalue weighted by Gasteiger charge is 2.20. The van der Waals surface area contributed by atoms with Crippen LogP contribution in [-0.2, 0) is 16.6 Å². The topological polar surface area (TPSA) is 85.1 Å². The number of halogens is 1. The molecule has 1 N–H and O–H groups in total. The number of rotatable bonds is 4. The summed E-state index contributed by atoms with van der Waals surface area (Å²) >= 11 is 4.63. The van der Waals surface area contributed by atoms with Crippen molar-refractivity contribution in [1.29, 1.82) is 0 Å². The second-order valence-electron chi connectivity index (χ2n) is 3.53. The molecule has 9 heteroatoms. The van der Waals surface area contributed by atoms with Crippen molar-refractivity contribution in [1.82, 2.24) is 14.9 Å². The molecule has 0 fully saturated rings. The number of aromatic nitrogens is 2. The van der Waals surface area contributed by atoms with Gasteiger partial charge in [-0.05, 0) is 28.9 Å². The molecule has 0 aliphatic carbocycles. The van der Waals surface area contributed by atoms with Crippen LogP contribution in [-0.4, -0.2) is 18.6 Å². The SMILES string of the molecule is Cc1nc(CNS(=O)(=O)c2cc(Br)sc2C)no1. The molecule has 0 atom stereocenters. The van der Waals surface area contributed by atoms with Crippen molar-refractivity contribution in [3.8, 4) is 0 Å². The van der Waals surface area contributed by atoms with Crippen LogP contribution in [0.3, 0.4) is 0 Å². The largest absolute Gasteiger partial charge is 0.340 e. The van der Waals surface area contributed by atoms with E-state index in [2.05, 4.69) is 30.8 Å². The summed E-state index contributed by atoms with van der Waals surface area (Å²) in [4.78, 5) is 4.91. The maximum atomic E-state index is 12.0. The Kier molecular flexibility index (Phi) is 3.85. The van der Waals surface area contributed by atoms with Gasteiger partial charge in [0.25, 0.3) is 0 Å². The molecule has 98 valence electrons. The van der Waals surface area contributed by atoms with Gasteiger partial charge in [-0.2, -0.15) is 4.98 Å². The molecule has 0 bridgehead atoms. The first-order valence-corrected chi connectivity index (χ1v) is 8.02. The van der Waals surface area contributed by atoms with Crippen LogP contribution < -0.4 is 4.72 Å². The second kappa shape index (κ2) is 5.08. The van der Waals surface area contributed by atoms with E-state index in [-0.39, 0.29) is 11.4 Å². The first kappa shape index (κ1) is 13.7. The van der Waals surface area contributed by atoms with E-state index in [0.29, 0.717) is 11.7 Å². The van der Waals surface area contributed by atoms with Gasteiger partial charge in [-0.15, -0.1) is 11.3 Å². The Bertz CT molecular complexity index is 662. The van der Waals surface area contributed by atoms with Gasteiger partial charge in [-0.3, -0.25) is 0 Å².